The molecule has 0 aromatic carbocycles. The van der Waals surface area contributed by atoms with Crippen LogP contribution < -0.4 is 10.1 Å². The molecule has 0 aliphatic heterocycles. The second-order valence-electron chi connectivity index (χ2n) is 4.06. The number of aryl methyl sites for hydroxylation is 1. The zero-order chi connectivity index (χ0) is 12.8. The van der Waals surface area contributed by atoms with E-state index < -0.39 is 0 Å². The van der Waals surface area contributed by atoms with Gasteiger partial charge >= 0.3 is 0 Å². The van der Waals surface area contributed by atoms with Crippen LogP contribution in [0.4, 0.5) is 0 Å². The average molecular weight is 246 g/mol. The van der Waals surface area contributed by atoms with Crippen molar-refractivity contribution in [2.45, 2.75) is 13.0 Å². The Bertz CT molecular complexity index is 478. The van der Waals surface area contributed by atoms with Gasteiger partial charge in [0.25, 0.3) is 0 Å². The van der Waals surface area contributed by atoms with E-state index >= 15 is 0 Å². The normalized spacial score (nSPS) is 10.6. The predicted molar refractivity (Wildman–Crippen MR) is 69.4 cm³/mol. The Hall–Kier alpha value is -1.88. The zero-order valence-electron chi connectivity index (χ0n) is 10.8. The van der Waals surface area contributed by atoms with Crippen molar-refractivity contribution in [3.05, 3.63) is 42.0 Å². The summed E-state index contributed by atoms with van der Waals surface area (Å²) in [4.78, 5) is 4.30. The summed E-state index contributed by atoms with van der Waals surface area (Å²) in [6.45, 7) is 1.40. The Balaban J connectivity index is 1.81. The van der Waals surface area contributed by atoms with Gasteiger partial charge in [0.05, 0.1) is 18.5 Å². The van der Waals surface area contributed by atoms with Gasteiger partial charge in [0.15, 0.2) is 0 Å². The topological polar surface area (TPSA) is 52.0 Å². The van der Waals surface area contributed by atoms with Crippen molar-refractivity contribution in [1.82, 2.24) is 20.1 Å². The van der Waals surface area contributed by atoms with Gasteiger partial charge in [-0.1, -0.05) is 0 Å². The first-order valence-corrected chi connectivity index (χ1v) is 5.99. The molecule has 0 aliphatic carbocycles. The summed E-state index contributed by atoms with van der Waals surface area (Å²) >= 11 is 0. The minimum atomic E-state index is 0.632. The van der Waals surface area contributed by atoms with Crippen LogP contribution in [0.1, 0.15) is 11.4 Å². The van der Waals surface area contributed by atoms with E-state index in [1.54, 1.807) is 12.4 Å². The molecule has 0 unspecified atom stereocenters. The highest BCUT2D eigenvalue weighted by molar-refractivity contribution is 5.19. The lowest BCUT2D eigenvalue weighted by Crippen LogP contribution is -2.08. The van der Waals surface area contributed by atoms with E-state index in [-0.39, 0.29) is 0 Å². The summed E-state index contributed by atoms with van der Waals surface area (Å²) in [6.07, 6.45) is 4.40. The number of ether oxygens (including phenoxy) is 1. The number of hydrogen-bond acceptors (Lipinski definition) is 4. The van der Waals surface area contributed by atoms with Crippen molar-refractivity contribution in [2.75, 3.05) is 13.7 Å². The van der Waals surface area contributed by atoms with Gasteiger partial charge in [0, 0.05) is 31.9 Å². The summed E-state index contributed by atoms with van der Waals surface area (Å²) in [5, 5.41) is 7.17. The van der Waals surface area contributed by atoms with Gasteiger partial charge < -0.3 is 10.1 Å². The van der Waals surface area contributed by atoms with Crippen molar-refractivity contribution in [3.8, 4) is 5.75 Å². The molecule has 2 heterocycles. The Labute approximate surface area is 107 Å². The molecule has 0 saturated heterocycles. The molecule has 5 heteroatoms. The quantitative estimate of drug-likeness (QED) is 0.831. The SMILES string of the molecule is CNCc1ccc(OCCc2ccnn2C)cn1. The highest BCUT2D eigenvalue weighted by Gasteiger charge is 2.00. The number of hydrogen-bond donors (Lipinski definition) is 1. The van der Waals surface area contributed by atoms with Crippen molar-refractivity contribution in [1.29, 1.82) is 0 Å². The molecule has 0 amide bonds. The van der Waals surface area contributed by atoms with Gasteiger partial charge in [-0.2, -0.15) is 5.10 Å². The monoisotopic (exact) mass is 246 g/mol. The summed E-state index contributed by atoms with van der Waals surface area (Å²) < 4.78 is 7.50. The average Bonchev–Trinajstić information content (AvgIpc) is 2.78. The smallest absolute Gasteiger partial charge is 0.137 e. The van der Waals surface area contributed by atoms with Crippen LogP contribution in [0.5, 0.6) is 5.75 Å². The zero-order valence-corrected chi connectivity index (χ0v) is 10.8. The van der Waals surface area contributed by atoms with Crippen LogP contribution in [0.3, 0.4) is 0 Å². The molecule has 0 saturated carbocycles. The molecule has 96 valence electrons. The van der Waals surface area contributed by atoms with Crippen molar-refractivity contribution in [3.63, 3.8) is 0 Å². The standard InChI is InChI=1S/C13H18N4O/c1-14-9-11-3-4-13(10-15-11)18-8-6-12-5-7-16-17(12)2/h3-5,7,10,14H,6,8-9H2,1-2H3. The molecule has 0 spiro atoms. The maximum absolute atomic E-state index is 5.64. The number of nitrogens with one attached hydrogen (secondary N) is 1. The summed E-state index contributed by atoms with van der Waals surface area (Å²) in [7, 11) is 3.84. The van der Waals surface area contributed by atoms with Gasteiger partial charge in [-0.15, -0.1) is 0 Å². The van der Waals surface area contributed by atoms with Gasteiger partial charge in [0.1, 0.15) is 5.75 Å². The lowest BCUT2D eigenvalue weighted by Gasteiger charge is -2.07. The first kappa shape index (κ1) is 12.6. The highest BCUT2D eigenvalue weighted by Crippen LogP contribution is 2.09. The third-order valence-corrected chi connectivity index (χ3v) is 2.70. The van der Waals surface area contributed by atoms with E-state index in [0.29, 0.717) is 6.61 Å². The number of pyridine rings is 1. The lowest BCUT2D eigenvalue weighted by molar-refractivity contribution is 0.317. The molecule has 2 rings (SSSR count). The van der Waals surface area contributed by atoms with E-state index in [0.717, 1.165) is 30.1 Å². The van der Waals surface area contributed by atoms with Gasteiger partial charge in [0.2, 0.25) is 0 Å². The van der Waals surface area contributed by atoms with Crippen LogP contribution >= 0.6 is 0 Å². The van der Waals surface area contributed by atoms with E-state index in [2.05, 4.69) is 15.4 Å². The van der Waals surface area contributed by atoms with Crippen LogP contribution in [0.25, 0.3) is 0 Å². The second kappa shape index (κ2) is 6.16. The first-order chi connectivity index (χ1) is 8.79. The summed E-state index contributed by atoms with van der Waals surface area (Å²) in [6, 6.07) is 5.91. The lowest BCUT2D eigenvalue weighted by atomic mass is 10.3. The fraction of sp³-hybridized carbons (Fsp3) is 0.385. The molecule has 1 N–H and O–H groups in total. The van der Waals surface area contributed by atoms with Crippen LogP contribution in [0.2, 0.25) is 0 Å². The summed E-state index contributed by atoms with van der Waals surface area (Å²) in [5.41, 5.74) is 2.17. The van der Waals surface area contributed by atoms with Crippen molar-refractivity contribution in [2.24, 2.45) is 7.05 Å². The molecular formula is C13H18N4O. The third-order valence-electron chi connectivity index (χ3n) is 2.70. The second-order valence-corrected chi connectivity index (χ2v) is 4.06. The molecular weight excluding hydrogens is 228 g/mol. The Morgan fingerprint density at radius 2 is 2.22 bits per heavy atom. The minimum absolute atomic E-state index is 0.632. The van der Waals surface area contributed by atoms with Gasteiger partial charge in [-0.3, -0.25) is 9.67 Å². The highest BCUT2D eigenvalue weighted by atomic mass is 16.5. The van der Waals surface area contributed by atoms with Gasteiger partial charge in [-0.25, -0.2) is 0 Å². The molecule has 5 nitrogen and oxygen atoms in total. The van der Waals surface area contributed by atoms with E-state index in [9.17, 15) is 0 Å². The largest absolute Gasteiger partial charge is 0.492 e. The molecule has 2 aromatic heterocycles. The maximum Gasteiger partial charge on any atom is 0.137 e. The number of nitrogens with zero attached hydrogens (tertiary/aromatic N) is 3. The summed E-state index contributed by atoms with van der Waals surface area (Å²) in [5.74, 6) is 0.803. The molecule has 0 atom stereocenters. The fourth-order valence-corrected chi connectivity index (χ4v) is 1.70. The molecule has 18 heavy (non-hydrogen) atoms. The third kappa shape index (κ3) is 3.30. The van der Waals surface area contributed by atoms with Crippen LogP contribution in [0, 0.1) is 0 Å². The number of aromatic nitrogens is 3. The van der Waals surface area contributed by atoms with Crippen LogP contribution in [-0.2, 0) is 20.0 Å². The van der Waals surface area contributed by atoms with Crippen LogP contribution in [0.15, 0.2) is 30.6 Å². The van der Waals surface area contributed by atoms with E-state index in [1.165, 1.54) is 0 Å². The fourth-order valence-electron chi connectivity index (χ4n) is 1.70. The molecule has 0 fully saturated rings. The molecule has 0 bridgehead atoms. The Morgan fingerprint density at radius 1 is 1.33 bits per heavy atom. The minimum Gasteiger partial charge on any atom is -0.492 e. The molecule has 2 aromatic rings. The van der Waals surface area contributed by atoms with Crippen LogP contribution in [-0.4, -0.2) is 28.4 Å². The van der Waals surface area contributed by atoms with Crippen molar-refractivity contribution >= 4 is 0 Å². The molecule has 0 aliphatic rings. The van der Waals surface area contributed by atoms with E-state index in [1.807, 2.05) is 37.0 Å². The molecule has 0 radical (unpaired) electrons. The number of rotatable bonds is 6. The Kier molecular flexibility index (Phi) is 4.30. The van der Waals surface area contributed by atoms with Crippen molar-refractivity contribution < 1.29 is 4.74 Å². The maximum atomic E-state index is 5.64. The van der Waals surface area contributed by atoms with Gasteiger partial charge in [-0.05, 0) is 25.2 Å². The first-order valence-electron chi connectivity index (χ1n) is 5.99. The van der Waals surface area contributed by atoms with E-state index in [4.69, 9.17) is 4.74 Å². The predicted octanol–water partition coefficient (Wildman–Crippen LogP) is 1.16. The Morgan fingerprint density at radius 3 is 2.83 bits per heavy atom.